The number of ether oxygens (including phenoxy) is 1. The van der Waals surface area contributed by atoms with Gasteiger partial charge in [-0.25, -0.2) is 0 Å². The molecular formula is C14H23NO2. The van der Waals surface area contributed by atoms with E-state index in [4.69, 9.17) is 10.5 Å². The molecule has 3 nitrogen and oxygen atoms in total. The minimum Gasteiger partial charge on any atom is -0.394 e. The first kappa shape index (κ1) is 14.2. The fourth-order valence-corrected chi connectivity index (χ4v) is 1.69. The number of hydrogen-bond acceptors (Lipinski definition) is 3. The van der Waals surface area contributed by atoms with Crippen LogP contribution in [0, 0.1) is 0 Å². The van der Waals surface area contributed by atoms with Crippen LogP contribution in [-0.4, -0.2) is 24.9 Å². The van der Waals surface area contributed by atoms with E-state index in [0.29, 0.717) is 13.0 Å². The van der Waals surface area contributed by atoms with Crippen molar-refractivity contribution < 1.29 is 9.84 Å². The number of nitrogens with two attached hydrogens (primary N) is 1. The SMILES string of the molecule is CCCCOCCC(N)(CO)c1ccccc1. The van der Waals surface area contributed by atoms with Gasteiger partial charge in [0, 0.05) is 13.2 Å². The molecule has 0 saturated heterocycles. The van der Waals surface area contributed by atoms with Crippen molar-refractivity contribution >= 4 is 0 Å². The van der Waals surface area contributed by atoms with Crippen molar-refractivity contribution in [3.63, 3.8) is 0 Å². The third-order valence-corrected chi connectivity index (χ3v) is 2.97. The molecule has 0 heterocycles. The molecule has 0 aliphatic rings. The Hall–Kier alpha value is -0.900. The van der Waals surface area contributed by atoms with Crippen LogP contribution in [0.15, 0.2) is 30.3 Å². The molecule has 96 valence electrons. The van der Waals surface area contributed by atoms with Crippen LogP contribution in [0.4, 0.5) is 0 Å². The molecule has 1 aromatic rings. The maximum atomic E-state index is 9.46. The van der Waals surface area contributed by atoms with E-state index >= 15 is 0 Å². The Bertz CT molecular complexity index is 302. The summed E-state index contributed by atoms with van der Waals surface area (Å²) in [5.74, 6) is 0. The van der Waals surface area contributed by atoms with E-state index in [9.17, 15) is 5.11 Å². The largest absolute Gasteiger partial charge is 0.394 e. The molecule has 17 heavy (non-hydrogen) atoms. The molecule has 1 unspecified atom stereocenters. The van der Waals surface area contributed by atoms with Crippen LogP contribution in [-0.2, 0) is 10.3 Å². The number of unbranched alkanes of at least 4 members (excludes halogenated alkanes) is 1. The smallest absolute Gasteiger partial charge is 0.0666 e. The van der Waals surface area contributed by atoms with Gasteiger partial charge in [0.15, 0.2) is 0 Å². The fourth-order valence-electron chi connectivity index (χ4n) is 1.69. The van der Waals surface area contributed by atoms with Crippen molar-refractivity contribution in [2.45, 2.75) is 31.7 Å². The lowest BCUT2D eigenvalue weighted by Gasteiger charge is -2.27. The van der Waals surface area contributed by atoms with E-state index < -0.39 is 5.54 Å². The zero-order valence-electron chi connectivity index (χ0n) is 10.6. The van der Waals surface area contributed by atoms with Gasteiger partial charge in [-0.2, -0.15) is 0 Å². The topological polar surface area (TPSA) is 55.5 Å². The molecule has 0 amide bonds. The zero-order chi connectivity index (χ0) is 12.6. The Morgan fingerprint density at radius 3 is 2.53 bits per heavy atom. The fraction of sp³-hybridized carbons (Fsp3) is 0.571. The molecule has 1 aromatic carbocycles. The monoisotopic (exact) mass is 237 g/mol. The highest BCUT2D eigenvalue weighted by atomic mass is 16.5. The molecular weight excluding hydrogens is 214 g/mol. The number of hydrogen-bond donors (Lipinski definition) is 2. The molecule has 0 spiro atoms. The second kappa shape index (κ2) is 7.43. The second-order valence-corrected chi connectivity index (χ2v) is 4.40. The lowest BCUT2D eigenvalue weighted by molar-refractivity contribution is 0.0925. The van der Waals surface area contributed by atoms with Gasteiger partial charge in [-0.05, 0) is 18.4 Å². The van der Waals surface area contributed by atoms with Gasteiger partial charge < -0.3 is 15.6 Å². The number of aliphatic hydroxyl groups is 1. The zero-order valence-corrected chi connectivity index (χ0v) is 10.6. The third kappa shape index (κ3) is 4.46. The van der Waals surface area contributed by atoms with Crippen LogP contribution in [0.1, 0.15) is 31.7 Å². The highest BCUT2D eigenvalue weighted by Crippen LogP contribution is 2.21. The highest BCUT2D eigenvalue weighted by molar-refractivity contribution is 5.23. The van der Waals surface area contributed by atoms with Crippen LogP contribution >= 0.6 is 0 Å². The molecule has 0 aromatic heterocycles. The van der Waals surface area contributed by atoms with E-state index in [-0.39, 0.29) is 6.61 Å². The molecule has 1 rings (SSSR count). The van der Waals surface area contributed by atoms with Gasteiger partial charge >= 0.3 is 0 Å². The summed E-state index contributed by atoms with van der Waals surface area (Å²) < 4.78 is 5.50. The predicted octanol–water partition coefficient (Wildman–Crippen LogP) is 2.04. The summed E-state index contributed by atoms with van der Waals surface area (Å²) in [7, 11) is 0. The van der Waals surface area contributed by atoms with Crippen molar-refractivity contribution in [3.8, 4) is 0 Å². The van der Waals surface area contributed by atoms with Gasteiger partial charge in [-0.15, -0.1) is 0 Å². The van der Waals surface area contributed by atoms with Crippen molar-refractivity contribution in [1.82, 2.24) is 0 Å². The molecule has 0 aliphatic heterocycles. The number of aliphatic hydroxyl groups excluding tert-OH is 1. The summed E-state index contributed by atoms with van der Waals surface area (Å²) in [5, 5.41) is 9.46. The van der Waals surface area contributed by atoms with E-state index in [2.05, 4.69) is 6.92 Å². The Morgan fingerprint density at radius 1 is 1.24 bits per heavy atom. The molecule has 0 radical (unpaired) electrons. The highest BCUT2D eigenvalue weighted by Gasteiger charge is 2.25. The summed E-state index contributed by atoms with van der Waals surface area (Å²) in [6.07, 6.45) is 2.84. The Kier molecular flexibility index (Phi) is 6.19. The normalized spacial score (nSPS) is 14.5. The first-order chi connectivity index (χ1) is 8.23. The van der Waals surface area contributed by atoms with Crippen molar-refractivity contribution in [1.29, 1.82) is 0 Å². The minimum absolute atomic E-state index is 0.0614. The van der Waals surface area contributed by atoms with Gasteiger partial charge in [-0.1, -0.05) is 43.7 Å². The maximum Gasteiger partial charge on any atom is 0.0666 e. The van der Waals surface area contributed by atoms with E-state index in [1.54, 1.807) is 0 Å². The van der Waals surface area contributed by atoms with Crippen LogP contribution in [0.5, 0.6) is 0 Å². The molecule has 0 saturated carbocycles. The third-order valence-electron chi connectivity index (χ3n) is 2.97. The van der Waals surface area contributed by atoms with Crippen molar-refractivity contribution in [2.75, 3.05) is 19.8 Å². The predicted molar refractivity (Wildman–Crippen MR) is 69.7 cm³/mol. The second-order valence-electron chi connectivity index (χ2n) is 4.40. The first-order valence-electron chi connectivity index (χ1n) is 6.26. The average molecular weight is 237 g/mol. The van der Waals surface area contributed by atoms with Crippen molar-refractivity contribution in [3.05, 3.63) is 35.9 Å². The average Bonchev–Trinajstić information content (AvgIpc) is 2.39. The summed E-state index contributed by atoms with van der Waals surface area (Å²) in [6.45, 7) is 3.43. The van der Waals surface area contributed by atoms with Crippen LogP contribution < -0.4 is 5.73 Å². The Labute approximate surface area is 104 Å². The molecule has 0 aliphatic carbocycles. The molecule has 3 heteroatoms. The van der Waals surface area contributed by atoms with E-state index in [0.717, 1.165) is 25.0 Å². The lowest BCUT2D eigenvalue weighted by Crippen LogP contribution is -2.41. The van der Waals surface area contributed by atoms with Crippen molar-refractivity contribution in [2.24, 2.45) is 5.73 Å². The molecule has 3 N–H and O–H groups in total. The Balaban J connectivity index is 2.46. The standard InChI is InChI=1S/C14H23NO2/c1-2-3-10-17-11-9-14(15,12-16)13-7-5-4-6-8-13/h4-8,16H,2-3,9-12,15H2,1H3. The van der Waals surface area contributed by atoms with Gasteiger partial charge in [-0.3, -0.25) is 0 Å². The van der Waals surface area contributed by atoms with E-state index in [1.807, 2.05) is 30.3 Å². The van der Waals surface area contributed by atoms with Crippen LogP contribution in [0.2, 0.25) is 0 Å². The summed E-state index contributed by atoms with van der Waals surface area (Å²) in [4.78, 5) is 0. The van der Waals surface area contributed by atoms with Gasteiger partial charge in [0.1, 0.15) is 0 Å². The van der Waals surface area contributed by atoms with Crippen LogP contribution in [0.25, 0.3) is 0 Å². The van der Waals surface area contributed by atoms with E-state index in [1.165, 1.54) is 0 Å². The van der Waals surface area contributed by atoms with Crippen LogP contribution in [0.3, 0.4) is 0 Å². The van der Waals surface area contributed by atoms with Gasteiger partial charge in [0.25, 0.3) is 0 Å². The molecule has 1 atom stereocenters. The minimum atomic E-state index is -0.687. The summed E-state index contributed by atoms with van der Waals surface area (Å²) in [5.41, 5.74) is 6.48. The lowest BCUT2D eigenvalue weighted by atomic mass is 9.89. The summed E-state index contributed by atoms with van der Waals surface area (Å²) >= 11 is 0. The quantitative estimate of drug-likeness (QED) is 0.680. The first-order valence-corrected chi connectivity index (χ1v) is 6.26. The maximum absolute atomic E-state index is 9.46. The van der Waals surface area contributed by atoms with Gasteiger partial charge in [0.05, 0.1) is 12.1 Å². The number of rotatable bonds is 8. The summed E-state index contributed by atoms with van der Waals surface area (Å²) in [6, 6.07) is 9.71. The molecule has 0 bridgehead atoms. The Morgan fingerprint density at radius 2 is 1.94 bits per heavy atom. The van der Waals surface area contributed by atoms with Gasteiger partial charge in [0.2, 0.25) is 0 Å². The molecule has 0 fully saturated rings. The number of benzene rings is 1.